The normalized spacial score (nSPS) is 10.6. The fourth-order valence-electron chi connectivity index (χ4n) is 2.03. The van der Waals surface area contributed by atoms with Crippen LogP contribution in [0.15, 0.2) is 35.3 Å². The van der Waals surface area contributed by atoms with Crippen molar-refractivity contribution in [1.82, 2.24) is 4.57 Å². The standard InChI is InChI=1S/C15H17NO3/c1-3-4-8-16-9-7-11-5-6-12(15(18)19-2)10-13(11)14(16)17/h5-7,9-10H,3-4,8H2,1-2H3. The molecule has 0 fully saturated rings. The van der Waals surface area contributed by atoms with Crippen molar-refractivity contribution in [3.8, 4) is 0 Å². The van der Waals surface area contributed by atoms with Gasteiger partial charge in [0.2, 0.25) is 0 Å². The Morgan fingerprint density at radius 2 is 2.11 bits per heavy atom. The topological polar surface area (TPSA) is 48.3 Å². The summed E-state index contributed by atoms with van der Waals surface area (Å²) >= 11 is 0. The van der Waals surface area contributed by atoms with Crippen LogP contribution < -0.4 is 5.56 Å². The zero-order valence-electron chi connectivity index (χ0n) is 11.2. The molecule has 0 amide bonds. The number of hydrogen-bond donors (Lipinski definition) is 0. The number of rotatable bonds is 4. The van der Waals surface area contributed by atoms with Gasteiger partial charge < -0.3 is 9.30 Å². The molecule has 1 aromatic heterocycles. The molecule has 4 nitrogen and oxygen atoms in total. The van der Waals surface area contributed by atoms with Crippen LogP contribution in [0.3, 0.4) is 0 Å². The molecule has 0 aliphatic carbocycles. The summed E-state index contributed by atoms with van der Waals surface area (Å²) in [5, 5.41) is 1.40. The molecule has 19 heavy (non-hydrogen) atoms. The summed E-state index contributed by atoms with van der Waals surface area (Å²) in [6.07, 6.45) is 3.80. The second kappa shape index (κ2) is 5.69. The van der Waals surface area contributed by atoms with E-state index in [-0.39, 0.29) is 5.56 Å². The van der Waals surface area contributed by atoms with Crippen LogP contribution in [0, 0.1) is 0 Å². The van der Waals surface area contributed by atoms with Crippen LogP contribution in [0.4, 0.5) is 0 Å². The minimum Gasteiger partial charge on any atom is -0.465 e. The number of benzene rings is 1. The third-order valence-corrected chi connectivity index (χ3v) is 3.15. The lowest BCUT2D eigenvalue weighted by atomic mass is 10.1. The summed E-state index contributed by atoms with van der Waals surface area (Å²) in [5.74, 6) is -0.426. The smallest absolute Gasteiger partial charge is 0.337 e. The quantitative estimate of drug-likeness (QED) is 0.793. The second-order valence-electron chi connectivity index (χ2n) is 4.46. The Balaban J connectivity index is 2.53. The lowest BCUT2D eigenvalue weighted by Gasteiger charge is -2.07. The molecule has 0 spiro atoms. The van der Waals surface area contributed by atoms with Crippen LogP contribution in [-0.4, -0.2) is 17.6 Å². The van der Waals surface area contributed by atoms with Crippen molar-refractivity contribution in [2.75, 3.05) is 7.11 Å². The number of fused-ring (bicyclic) bond motifs is 1. The van der Waals surface area contributed by atoms with Gasteiger partial charge in [-0.15, -0.1) is 0 Å². The van der Waals surface area contributed by atoms with E-state index in [4.69, 9.17) is 0 Å². The molecule has 0 saturated carbocycles. The highest BCUT2D eigenvalue weighted by Crippen LogP contribution is 2.13. The van der Waals surface area contributed by atoms with Crippen LogP contribution in [0.5, 0.6) is 0 Å². The Hall–Kier alpha value is -2.10. The summed E-state index contributed by atoms with van der Waals surface area (Å²) < 4.78 is 6.36. The van der Waals surface area contributed by atoms with Gasteiger partial charge in [-0.05, 0) is 30.0 Å². The van der Waals surface area contributed by atoms with Gasteiger partial charge in [-0.2, -0.15) is 0 Å². The molecule has 1 aromatic carbocycles. The van der Waals surface area contributed by atoms with Crippen LogP contribution in [0.25, 0.3) is 10.8 Å². The molecule has 0 aliphatic heterocycles. The Bertz CT molecular complexity index is 658. The van der Waals surface area contributed by atoms with Gasteiger partial charge >= 0.3 is 5.97 Å². The number of unbranched alkanes of at least 4 members (excludes halogenated alkanes) is 1. The Morgan fingerprint density at radius 1 is 1.32 bits per heavy atom. The molecule has 0 N–H and O–H groups in total. The average molecular weight is 259 g/mol. The number of aryl methyl sites for hydroxylation is 1. The maximum Gasteiger partial charge on any atom is 0.337 e. The van der Waals surface area contributed by atoms with Gasteiger partial charge in [0.15, 0.2) is 0 Å². The van der Waals surface area contributed by atoms with Gasteiger partial charge in [0, 0.05) is 18.1 Å². The SMILES string of the molecule is CCCCn1ccc2ccc(C(=O)OC)cc2c1=O. The number of pyridine rings is 1. The van der Waals surface area contributed by atoms with Gasteiger partial charge in [0.05, 0.1) is 12.7 Å². The Kier molecular flexibility index (Phi) is 4.00. The first-order valence-electron chi connectivity index (χ1n) is 6.39. The highest BCUT2D eigenvalue weighted by atomic mass is 16.5. The maximum atomic E-state index is 12.3. The highest BCUT2D eigenvalue weighted by molar-refractivity contribution is 5.95. The Morgan fingerprint density at radius 3 is 2.79 bits per heavy atom. The highest BCUT2D eigenvalue weighted by Gasteiger charge is 2.08. The molecule has 2 rings (SSSR count). The van der Waals surface area contributed by atoms with Gasteiger partial charge in [0.1, 0.15) is 0 Å². The molecule has 0 atom stereocenters. The van der Waals surface area contributed by atoms with Crippen molar-refractivity contribution < 1.29 is 9.53 Å². The summed E-state index contributed by atoms with van der Waals surface area (Å²) in [6, 6.07) is 6.94. The fraction of sp³-hybridized carbons (Fsp3) is 0.333. The number of aromatic nitrogens is 1. The van der Waals surface area contributed by atoms with Gasteiger partial charge in [-0.25, -0.2) is 4.79 Å². The molecule has 0 bridgehead atoms. The average Bonchev–Trinajstić information content (AvgIpc) is 2.45. The van der Waals surface area contributed by atoms with Crippen LogP contribution in [-0.2, 0) is 11.3 Å². The summed E-state index contributed by atoms with van der Waals surface area (Å²) in [5.41, 5.74) is 0.344. The van der Waals surface area contributed by atoms with Crippen LogP contribution >= 0.6 is 0 Å². The van der Waals surface area contributed by atoms with E-state index < -0.39 is 5.97 Å². The molecule has 100 valence electrons. The number of carbonyl (C=O) groups excluding carboxylic acids is 1. The Labute approximate surface area is 111 Å². The number of hydrogen-bond acceptors (Lipinski definition) is 3. The molecular weight excluding hydrogens is 242 g/mol. The van der Waals surface area contributed by atoms with Crippen molar-refractivity contribution in [2.45, 2.75) is 26.3 Å². The summed E-state index contributed by atoms with van der Waals surface area (Å²) in [6.45, 7) is 2.79. The zero-order chi connectivity index (χ0) is 13.8. The van der Waals surface area contributed by atoms with E-state index in [0.717, 1.165) is 18.2 Å². The number of esters is 1. The first kappa shape index (κ1) is 13.3. The molecule has 2 aromatic rings. The minimum absolute atomic E-state index is 0.0586. The van der Waals surface area contributed by atoms with Crippen molar-refractivity contribution in [3.05, 3.63) is 46.4 Å². The number of methoxy groups -OCH3 is 1. The molecule has 1 heterocycles. The van der Waals surface area contributed by atoms with E-state index in [9.17, 15) is 9.59 Å². The fourth-order valence-corrected chi connectivity index (χ4v) is 2.03. The van der Waals surface area contributed by atoms with Crippen molar-refractivity contribution >= 4 is 16.7 Å². The van der Waals surface area contributed by atoms with Crippen molar-refractivity contribution in [3.63, 3.8) is 0 Å². The first-order valence-corrected chi connectivity index (χ1v) is 6.39. The maximum absolute atomic E-state index is 12.3. The van der Waals surface area contributed by atoms with Crippen molar-refractivity contribution in [1.29, 1.82) is 0 Å². The van der Waals surface area contributed by atoms with Gasteiger partial charge in [-0.3, -0.25) is 4.79 Å². The van der Waals surface area contributed by atoms with E-state index in [1.165, 1.54) is 7.11 Å². The van der Waals surface area contributed by atoms with Gasteiger partial charge in [-0.1, -0.05) is 19.4 Å². The van der Waals surface area contributed by atoms with Crippen LogP contribution in [0.1, 0.15) is 30.1 Å². The summed E-state index contributed by atoms with van der Waals surface area (Å²) in [7, 11) is 1.33. The van der Waals surface area contributed by atoms with E-state index in [2.05, 4.69) is 11.7 Å². The van der Waals surface area contributed by atoms with Crippen LogP contribution in [0.2, 0.25) is 0 Å². The predicted molar refractivity (Wildman–Crippen MR) is 74.5 cm³/mol. The van der Waals surface area contributed by atoms with Gasteiger partial charge in [0.25, 0.3) is 5.56 Å². The van der Waals surface area contributed by atoms with Crippen molar-refractivity contribution in [2.24, 2.45) is 0 Å². The number of ether oxygens (including phenoxy) is 1. The van der Waals surface area contributed by atoms with E-state index >= 15 is 0 Å². The third kappa shape index (κ3) is 2.67. The van der Waals surface area contributed by atoms with E-state index in [1.807, 2.05) is 6.07 Å². The largest absolute Gasteiger partial charge is 0.465 e. The van der Waals surface area contributed by atoms with E-state index in [0.29, 0.717) is 17.5 Å². The monoisotopic (exact) mass is 259 g/mol. The minimum atomic E-state index is -0.426. The number of carbonyl (C=O) groups is 1. The lowest BCUT2D eigenvalue weighted by molar-refractivity contribution is 0.0601. The van der Waals surface area contributed by atoms with E-state index in [1.54, 1.807) is 29.0 Å². The number of nitrogens with zero attached hydrogens (tertiary/aromatic N) is 1. The molecular formula is C15H17NO3. The molecule has 0 aliphatic rings. The molecule has 4 heteroatoms. The third-order valence-electron chi connectivity index (χ3n) is 3.15. The first-order chi connectivity index (χ1) is 9.17. The zero-order valence-corrected chi connectivity index (χ0v) is 11.2. The second-order valence-corrected chi connectivity index (χ2v) is 4.46. The molecule has 0 radical (unpaired) electrons. The summed E-state index contributed by atoms with van der Waals surface area (Å²) in [4.78, 5) is 23.8. The molecule has 0 saturated heterocycles. The lowest BCUT2D eigenvalue weighted by Crippen LogP contribution is -2.19. The predicted octanol–water partition coefficient (Wildman–Crippen LogP) is 2.59. The molecule has 0 unspecified atom stereocenters.